The van der Waals surface area contributed by atoms with E-state index >= 15 is 0 Å². The Morgan fingerprint density at radius 1 is 1.35 bits per heavy atom. The molecule has 2 rings (SSSR count). The van der Waals surface area contributed by atoms with Crippen LogP contribution in [0.1, 0.15) is 12.7 Å². The molecular weight excluding hydrogens is 216 g/mol. The van der Waals surface area contributed by atoms with Crippen LogP contribution in [-0.2, 0) is 0 Å². The Kier molecular flexibility index (Phi) is 3.49. The third kappa shape index (κ3) is 3.14. The number of nitrogens with one attached hydrogen (secondary N) is 1. The molecule has 0 saturated carbocycles. The Morgan fingerprint density at radius 2 is 2.24 bits per heavy atom. The van der Waals surface area contributed by atoms with Gasteiger partial charge in [0, 0.05) is 18.8 Å². The maximum Gasteiger partial charge on any atom is 0.224 e. The highest BCUT2D eigenvalue weighted by Gasteiger charge is 2.03. The normalized spacial score (nSPS) is 10.0. The maximum absolute atomic E-state index is 5.59. The Morgan fingerprint density at radius 3 is 2.94 bits per heavy atom. The molecular formula is C12H14N4O. The number of rotatable bonds is 4. The molecule has 0 radical (unpaired) electrons. The summed E-state index contributed by atoms with van der Waals surface area (Å²) in [4.78, 5) is 12.4. The lowest BCUT2D eigenvalue weighted by Gasteiger charge is -2.07. The SMILES string of the molecule is CCNc1cc(Oc2cccnc2)nc(C)n1. The van der Waals surface area contributed by atoms with Crippen molar-refractivity contribution in [3.63, 3.8) is 0 Å². The van der Waals surface area contributed by atoms with Crippen LogP contribution in [0, 0.1) is 6.92 Å². The van der Waals surface area contributed by atoms with Gasteiger partial charge in [-0.3, -0.25) is 4.98 Å². The smallest absolute Gasteiger partial charge is 0.224 e. The number of pyridine rings is 1. The molecule has 1 N–H and O–H groups in total. The summed E-state index contributed by atoms with van der Waals surface area (Å²) in [6, 6.07) is 5.41. The van der Waals surface area contributed by atoms with Crippen molar-refractivity contribution < 1.29 is 4.74 Å². The zero-order valence-corrected chi connectivity index (χ0v) is 9.84. The molecule has 88 valence electrons. The maximum atomic E-state index is 5.59. The van der Waals surface area contributed by atoms with E-state index in [-0.39, 0.29) is 0 Å². The molecule has 0 spiro atoms. The first-order valence-electron chi connectivity index (χ1n) is 5.45. The van der Waals surface area contributed by atoms with Crippen LogP contribution in [0.15, 0.2) is 30.6 Å². The Bertz CT molecular complexity index is 487. The predicted molar refractivity (Wildman–Crippen MR) is 65.2 cm³/mol. The Labute approximate surface area is 99.9 Å². The predicted octanol–water partition coefficient (Wildman–Crippen LogP) is 2.40. The van der Waals surface area contributed by atoms with Gasteiger partial charge < -0.3 is 10.1 Å². The van der Waals surface area contributed by atoms with Gasteiger partial charge in [-0.2, -0.15) is 4.98 Å². The standard InChI is InChI=1S/C12H14N4O/c1-3-14-11-7-12(16-9(2)15-11)17-10-5-4-6-13-8-10/h4-8H,3H2,1-2H3,(H,14,15,16). The fraction of sp³-hybridized carbons (Fsp3) is 0.250. The van der Waals surface area contributed by atoms with Gasteiger partial charge in [0.1, 0.15) is 17.4 Å². The van der Waals surface area contributed by atoms with Crippen LogP contribution in [-0.4, -0.2) is 21.5 Å². The van der Waals surface area contributed by atoms with Gasteiger partial charge in [0.05, 0.1) is 6.20 Å². The van der Waals surface area contributed by atoms with Crippen molar-refractivity contribution in [1.29, 1.82) is 0 Å². The first kappa shape index (κ1) is 11.3. The lowest BCUT2D eigenvalue weighted by molar-refractivity contribution is 0.458. The van der Waals surface area contributed by atoms with Gasteiger partial charge in [0.15, 0.2) is 0 Å². The van der Waals surface area contributed by atoms with E-state index in [0.29, 0.717) is 17.5 Å². The first-order valence-corrected chi connectivity index (χ1v) is 5.45. The van der Waals surface area contributed by atoms with Crippen molar-refractivity contribution >= 4 is 5.82 Å². The second-order valence-electron chi connectivity index (χ2n) is 3.46. The summed E-state index contributed by atoms with van der Waals surface area (Å²) in [6.07, 6.45) is 3.34. The van der Waals surface area contributed by atoms with Crippen LogP contribution in [0.5, 0.6) is 11.6 Å². The quantitative estimate of drug-likeness (QED) is 0.873. The van der Waals surface area contributed by atoms with Gasteiger partial charge in [-0.1, -0.05) is 0 Å². The van der Waals surface area contributed by atoms with Crippen LogP contribution in [0.2, 0.25) is 0 Å². The van der Waals surface area contributed by atoms with E-state index in [9.17, 15) is 0 Å². The van der Waals surface area contributed by atoms with Crippen LogP contribution in [0.25, 0.3) is 0 Å². The molecule has 2 aromatic heterocycles. The number of hydrogen-bond acceptors (Lipinski definition) is 5. The van der Waals surface area contributed by atoms with Crippen LogP contribution < -0.4 is 10.1 Å². The van der Waals surface area contributed by atoms with Crippen LogP contribution in [0.3, 0.4) is 0 Å². The third-order valence-electron chi connectivity index (χ3n) is 2.03. The summed E-state index contributed by atoms with van der Waals surface area (Å²) >= 11 is 0. The second kappa shape index (κ2) is 5.25. The minimum absolute atomic E-state index is 0.515. The van der Waals surface area contributed by atoms with E-state index in [1.807, 2.05) is 26.0 Å². The van der Waals surface area contributed by atoms with Gasteiger partial charge in [0.2, 0.25) is 5.88 Å². The summed E-state index contributed by atoms with van der Waals surface area (Å²) < 4.78 is 5.59. The largest absolute Gasteiger partial charge is 0.437 e. The molecule has 0 bridgehead atoms. The molecule has 2 aromatic rings. The molecule has 0 aliphatic rings. The van der Waals surface area contributed by atoms with Crippen molar-refractivity contribution in [2.45, 2.75) is 13.8 Å². The lowest BCUT2D eigenvalue weighted by atomic mass is 10.4. The third-order valence-corrected chi connectivity index (χ3v) is 2.03. The van der Waals surface area contributed by atoms with Crippen LogP contribution >= 0.6 is 0 Å². The molecule has 0 amide bonds. The van der Waals surface area contributed by atoms with Gasteiger partial charge in [-0.25, -0.2) is 4.98 Å². The molecule has 0 aliphatic carbocycles. The Balaban J connectivity index is 2.21. The number of hydrogen-bond donors (Lipinski definition) is 1. The summed E-state index contributed by atoms with van der Waals surface area (Å²) in [5.74, 6) is 2.61. The number of nitrogens with zero attached hydrogens (tertiary/aromatic N) is 3. The molecule has 17 heavy (non-hydrogen) atoms. The monoisotopic (exact) mass is 230 g/mol. The molecule has 5 nitrogen and oxygen atoms in total. The highest BCUT2D eigenvalue weighted by atomic mass is 16.5. The van der Waals surface area contributed by atoms with Gasteiger partial charge in [-0.05, 0) is 26.0 Å². The van der Waals surface area contributed by atoms with E-state index in [1.165, 1.54) is 0 Å². The van der Waals surface area contributed by atoms with E-state index in [2.05, 4.69) is 20.3 Å². The highest BCUT2D eigenvalue weighted by Crippen LogP contribution is 2.20. The topological polar surface area (TPSA) is 59.9 Å². The van der Waals surface area contributed by atoms with Gasteiger partial charge in [0.25, 0.3) is 0 Å². The first-order chi connectivity index (χ1) is 8.28. The molecule has 0 unspecified atom stereocenters. The minimum atomic E-state index is 0.515. The molecule has 0 saturated heterocycles. The van der Waals surface area contributed by atoms with Crippen LogP contribution in [0.4, 0.5) is 5.82 Å². The zero-order chi connectivity index (χ0) is 12.1. The summed E-state index contributed by atoms with van der Waals surface area (Å²) in [6.45, 7) is 4.65. The Hall–Kier alpha value is -2.17. The van der Waals surface area contributed by atoms with Crippen molar-refractivity contribution in [3.05, 3.63) is 36.4 Å². The van der Waals surface area contributed by atoms with E-state index < -0.39 is 0 Å². The van der Waals surface area contributed by atoms with E-state index in [0.717, 1.165) is 12.4 Å². The van der Waals surface area contributed by atoms with Crippen molar-refractivity contribution in [2.24, 2.45) is 0 Å². The summed E-state index contributed by atoms with van der Waals surface area (Å²) in [5, 5.41) is 3.13. The average Bonchev–Trinajstić information content (AvgIpc) is 2.30. The molecule has 0 atom stereocenters. The van der Waals surface area contributed by atoms with E-state index in [4.69, 9.17) is 4.74 Å². The van der Waals surface area contributed by atoms with Crippen molar-refractivity contribution in [1.82, 2.24) is 15.0 Å². The van der Waals surface area contributed by atoms with Gasteiger partial charge >= 0.3 is 0 Å². The number of aryl methyl sites for hydroxylation is 1. The number of aromatic nitrogens is 3. The minimum Gasteiger partial charge on any atom is -0.437 e. The molecule has 0 aromatic carbocycles. The number of ether oxygens (including phenoxy) is 1. The van der Waals surface area contributed by atoms with Crippen molar-refractivity contribution in [2.75, 3.05) is 11.9 Å². The molecule has 0 fully saturated rings. The number of anilines is 1. The highest BCUT2D eigenvalue weighted by molar-refractivity contribution is 5.39. The molecule has 2 heterocycles. The summed E-state index contributed by atoms with van der Waals surface area (Å²) in [7, 11) is 0. The molecule has 0 aliphatic heterocycles. The van der Waals surface area contributed by atoms with Gasteiger partial charge in [-0.15, -0.1) is 0 Å². The average molecular weight is 230 g/mol. The second-order valence-corrected chi connectivity index (χ2v) is 3.46. The lowest BCUT2D eigenvalue weighted by Crippen LogP contribution is -2.02. The fourth-order valence-electron chi connectivity index (χ4n) is 1.39. The van der Waals surface area contributed by atoms with E-state index in [1.54, 1.807) is 18.5 Å². The summed E-state index contributed by atoms with van der Waals surface area (Å²) in [5.41, 5.74) is 0. The zero-order valence-electron chi connectivity index (χ0n) is 9.84. The molecule has 5 heteroatoms. The fourth-order valence-corrected chi connectivity index (χ4v) is 1.39. The van der Waals surface area contributed by atoms with Crippen molar-refractivity contribution in [3.8, 4) is 11.6 Å².